The molecule has 1 N–H and O–H groups in total. The first-order valence-electron chi connectivity index (χ1n) is 5.83. The fraction of sp³-hybridized carbons (Fsp3) is 0.462. The third kappa shape index (κ3) is 2.75. The maximum absolute atomic E-state index is 13.1. The summed E-state index contributed by atoms with van der Waals surface area (Å²) in [6.07, 6.45) is 1.54. The summed E-state index contributed by atoms with van der Waals surface area (Å²) in [5.41, 5.74) is 0.865. The van der Waals surface area contributed by atoms with Gasteiger partial charge in [0, 0.05) is 12.0 Å². The minimum atomic E-state index is -0.407. The van der Waals surface area contributed by atoms with Crippen LogP contribution >= 0.6 is 0 Å². The van der Waals surface area contributed by atoms with Gasteiger partial charge in [-0.25, -0.2) is 9.18 Å². The van der Waals surface area contributed by atoms with E-state index in [1.807, 2.05) is 6.07 Å². The van der Waals surface area contributed by atoms with Crippen LogP contribution in [0.2, 0.25) is 0 Å². The van der Waals surface area contributed by atoms with Crippen LogP contribution in [0, 0.1) is 5.82 Å². The average Bonchev–Trinajstić information content (AvgIpc) is 3.08. The van der Waals surface area contributed by atoms with Gasteiger partial charge in [-0.15, -0.1) is 0 Å². The Labute approximate surface area is 100.0 Å². The van der Waals surface area contributed by atoms with E-state index < -0.39 is 6.09 Å². The highest BCUT2D eigenvalue weighted by atomic mass is 19.1. The van der Waals surface area contributed by atoms with Crippen molar-refractivity contribution < 1.29 is 13.9 Å². The van der Waals surface area contributed by atoms with E-state index in [1.54, 1.807) is 19.1 Å². The smallest absolute Gasteiger partial charge is 0.407 e. The van der Waals surface area contributed by atoms with Gasteiger partial charge in [0.15, 0.2) is 0 Å². The molecular weight excluding hydrogens is 221 g/mol. The van der Waals surface area contributed by atoms with Gasteiger partial charge < -0.3 is 10.1 Å². The Bertz CT molecular complexity index is 416. The van der Waals surface area contributed by atoms with Gasteiger partial charge in [0.25, 0.3) is 0 Å². The Hall–Kier alpha value is -1.58. The van der Waals surface area contributed by atoms with Crippen LogP contribution in [0.3, 0.4) is 0 Å². The number of ether oxygens (including phenoxy) is 1. The quantitative estimate of drug-likeness (QED) is 0.874. The molecule has 0 radical (unpaired) electrons. The number of amides is 1. The van der Waals surface area contributed by atoms with Gasteiger partial charge >= 0.3 is 6.09 Å². The molecule has 1 aliphatic carbocycles. The summed E-state index contributed by atoms with van der Waals surface area (Å²) in [4.78, 5) is 11.2. The van der Waals surface area contributed by atoms with Crippen LogP contribution in [-0.4, -0.2) is 19.2 Å². The lowest BCUT2D eigenvalue weighted by Gasteiger charge is -2.16. The van der Waals surface area contributed by atoms with Crippen LogP contribution in [-0.2, 0) is 10.2 Å². The van der Waals surface area contributed by atoms with Crippen molar-refractivity contribution in [2.75, 3.05) is 13.2 Å². The second kappa shape index (κ2) is 4.73. The molecule has 0 aliphatic heterocycles. The van der Waals surface area contributed by atoms with Crippen LogP contribution in [0.15, 0.2) is 24.3 Å². The molecule has 1 aromatic rings. The molecule has 1 fully saturated rings. The van der Waals surface area contributed by atoms with Crippen molar-refractivity contribution in [3.05, 3.63) is 35.6 Å². The number of carbonyl (C=O) groups excluding carboxylic acids is 1. The molecule has 0 unspecified atom stereocenters. The van der Waals surface area contributed by atoms with Crippen molar-refractivity contribution in [1.29, 1.82) is 0 Å². The summed E-state index contributed by atoms with van der Waals surface area (Å²) >= 11 is 0. The van der Waals surface area contributed by atoms with E-state index in [2.05, 4.69) is 5.32 Å². The number of halogens is 1. The summed E-state index contributed by atoms with van der Waals surface area (Å²) in [6, 6.07) is 6.58. The largest absolute Gasteiger partial charge is 0.450 e. The van der Waals surface area contributed by atoms with E-state index >= 15 is 0 Å². The molecular formula is C13H16FNO2. The first-order valence-corrected chi connectivity index (χ1v) is 5.83. The molecule has 0 heterocycles. The molecule has 1 amide bonds. The summed E-state index contributed by atoms with van der Waals surface area (Å²) in [7, 11) is 0. The predicted octanol–water partition coefficient (Wildman–Crippen LogP) is 2.60. The topological polar surface area (TPSA) is 38.3 Å². The highest BCUT2D eigenvalue weighted by Gasteiger charge is 2.44. The van der Waals surface area contributed by atoms with E-state index in [0.29, 0.717) is 13.2 Å². The number of rotatable bonds is 4. The minimum absolute atomic E-state index is 0.0884. The molecule has 92 valence electrons. The fourth-order valence-electron chi connectivity index (χ4n) is 1.96. The van der Waals surface area contributed by atoms with Crippen molar-refractivity contribution in [2.45, 2.75) is 25.2 Å². The van der Waals surface area contributed by atoms with Crippen LogP contribution in [0.25, 0.3) is 0 Å². The van der Waals surface area contributed by atoms with Crippen molar-refractivity contribution in [3.8, 4) is 0 Å². The van der Waals surface area contributed by atoms with Crippen molar-refractivity contribution in [1.82, 2.24) is 5.32 Å². The monoisotopic (exact) mass is 237 g/mol. The van der Waals surface area contributed by atoms with Crippen LogP contribution in [0.4, 0.5) is 9.18 Å². The third-order valence-electron chi connectivity index (χ3n) is 3.14. The van der Waals surface area contributed by atoms with Gasteiger partial charge in [-0.1, -0.05) is 12.1 Å². The van der Waals surface area contributed by atoms with Gasteiger partial charge in [-0.05, 0) is 37.5 Å². The molecule has 0 atom stereocenters. The van der Waals surface area contributed by atoms with Crippen LogP contribution < -0.4 is 5.32 Å². The summed E-state index contributed by atoms with van der Waals surface area (Å²) < 4.78 is 17.9. The van der Waals surface area contributed by atoms with Gasteiger partial charge in [-0.3, -0.25) is 0 Å². The maximum Gasteiger partial charge on any atom is 0.407 e. The van der Waals surface area contributed by atoms with E-state index in [1.165, 1.54) is 6.07 Å². The SMILES string of the molecule is CCOC(=O)NCC1(c2cccc(F)c2)CC1. The highest BCUT2D eigenvalue weighted by Crippen LogP contribution is 2.47. The molecule has 4 heteroatoms. The lowest BCUT2D eigenvalue weighted by atomic mass is 9.96. The molecule has 0 spiro atoms. The number of carbonyl (C=O) groups is 1. The molecule has 0 saturated heterocycles. The summed E-state index contributed by atoms with van der Waals surface area (Å²) in [5.74, 6) is -0.232. The number of benzene rings is 1. The zero-order valence-corrected chi connectivity index (χ0v) is 9.83. The number of hydrogen-bond acceptors (Lipinski definition) is 2. The van der Waals surface area contributed by atoms with Gasteiger partial charge in [0.05, 0.1) is 6.61 Å². The van der Waals surface area contributed by atoms with E-state index in [-0.39, 0.29) is 11.2 Å². The molecule has 1 aliphatic rings. The molecule has 1 saturated carbocycles. The second-order valence-electron chi connectivity index (χ2n) is 4.36. The molecule has 0 bridgehead atoms. The normalized spacial score (nSPS) is 16.4. The Morgan fingerprint density at radius 3 is 2.88 bits per heavy atom. The molecule has 2 rings (SSSR count). The standard InChI is InChI=1S/C13H16FNO2/c1-2-17-12(16)15-9-13(6-7-13)10-4-3-5-11(14)8-10/h3-5,8H,2,6-7,9H2,1H3,(H,15,16). The number of alkyl carbamates (subject to hydrolysis) is 1. The van der Waals surface area contributed by atoms with E-state index in [0.717, 1.165) is 18.4 Å². The second-order valence-corrected chi connectivity index (χ2v) is 4.36. The lowest BCUT2D eigenvalue weighted by Crippen LogP contribution is -2.32. The number of hydrogen-bond donors (Lipinski definition) is 1. The Balaban J connectivity index is 1.98. The minimum Gasteiger partial charge on any atom is -0.450 e. The van der Waals surface area contributed by atoms with Crippen molar-refractivity contribution >= 4 is 6.09 Å². The predicted molar refractivity (Wildman–Crippen MR) is 62.3 cm³/mol. The lowest BCUT2D eigenvalue weighted by molar-refractivity contribution is 0.151. The van der Waals surface area contributed by atoms with Crippen LogP contribution in [0.5, 0.6) is 0 Å². The Morgan fingerprint density at radius 1 is 1.53 bits per heavy atom. The molecule has 0 aromatic heterocycles. The summed E-state index contributed by atoms with van der Waals surface area (Å²) in [6.45, 7) is 2.63. The average molecular weight is 237 g/mol. The van der Waals surface area contributed by atoms with Crippen molar-refractivity contribution in [3.63, 3.8) is 0 Å². The first kappa shape index (κ1) is 11.9. The maximum atomic E-state index is 13.1. The van der Waals surface area contributed by atoms with Crippen LogP contribution in [0.1, 0.15) is 25.3 Å². The van der Waals surface area contributed by atoms with Gasteiger partial charge in [0.1, 0.15) is 5.82 Å². The molecule has 1 aromatic carbocycles. The first-order chi connectivity index (χ1) is 8.16. The zero-order chi connectivity index (χ0) is 12.3. The summed E-state index contributed by atoms with van der Waals surface area (Å²) in [5, 5.41) is 2.72. The zero-order valence-electron chi connectivity index (χ0n) is 9.83. The molecule has 3 nitrogen and oxygen atoms in total. The van der Waals surface area contributed by atoms with Gasteiger partial charge in [-0.2, -0.15) is 0 Å². The Morgan fingerprint density at radius 2 is 2.29 bits per heavy atom. The van der Waals surface area contributed by atoms with Gasteiger partial charge in [0.2, 0.25) is 0 Å². The Kier molecular flexibility index (Phi) is 3.31. The van der Waals surface area contributed by atoms with Crippen molar-refractivity contribution in [2.24, 2.45) is 0 Å². The third-order valence-corrected chi connectivity index (χ3v) is 3.14. The highest BCUT2D eigenvalue weighted by molar-refractivity contribution is 5.67. The van der Waals surface area contributed by atoms with E-state index in [4.69, 9.17) is 4.74 Å². The molecule has 17 heavy (non-hydrogen) atoms. The van der Waals surface area contributed by atoms with E-state index in [9.17, 15) is 9.18 Å². The fourth-order valence-corrected chi connectivity index (χ4v) is 1.96. The number of nitrogens with one attached hydrogen (secondary N) is 1.